The van der Waals surface area contributed by atoms with Gasteiger partial charge in [-0.1, -0.05) is 11.6 Å². The van der Waals surface area contributed by atoms with Crippen molar-refractivity contribution in [1.29, 1.82) is 0 Å². The molecular formula is C17H24N2O2. The molecule has 1 unspecified atom stereocenters. The zero-order valence-electron chi connectivity index (χ0n) is 12.8. The van der Waals surface area contributed by atoms with Gasteiger partial charge in [0.2, 0.25) is 5.91 Å². The van der Waals surface area contributed by atoms with E-state index in [2.05, 4.69) is 35.4 Å². The van der Waals surface area contributed by atoms with Crippen molar-refractivity contribution in [2.45, 2.75) is 45.6 Å². The van der Waals surface area contributed by atoms with E-state index in [1.54, 1.807) is 0 Å². The second kappa shape index (κ2) is 7.27. The van der Waals surface area contributed by atoms with Crippen molar-refractivity contribution in [1.82, 2.24) is 10.3 Å². The first-order chi connectivity index (χ1) is 10.1. The summed E-state index contributed by atoms with van der Waals surface area (Å²) in [5, 5.41) is 13.0. The van der Waals surface area contributed by atoms with E-state index in [1.165, 1.54) is 16.5 Å². The smallest absolute Gasteiger partial charge is 0.220 e. The summed E-state index contributed by atoms with van der Waals surface area (Å²) in [4.78, 5) is 15.2. The highest BCUT2D eigenvalue weighted by molar-refractivity contribution is 5.84. The normalized spacial score (nSPS) is 12.5. The molecule has 0 spiro atoms. The molecule has 0 aliphatic heterocycles. The van der Waals surface area contributed by atoms with Crippen LogP contribution in [0.1, 0.15) is 37.3 Å². The Morgan fingerprint density at radius 1 is 1.43 bits per heavy atom. The summed E-state index contributed by atoms with van der Waals surface area (Å²) in [5.41, 5.74) is 3.53. The van der Waals surface area contributed by atoms with Crippen LogP contribution in [0, 0.1) is 6.92 Å². The number of aromatic nitrogens is 1. The lowest BCUT2D eigenvalue weighted by atomic mass is 10.1. The predicted octanol–water partition coefficient (Wildman–Crippen LogP) is 2.69. The fraction of sp³-hybridized carbons (Fsp3) is 0.471. The maximum absolute atomic E-state index is 11.9. The lowest BCUT2D eigenvalue weighted by molar-refractivity contribution is -0.121. The van der Waals surface area contributed by atoms with Gasteiger partial charge in [0, 0.05) is 36.2 Å². The Labute approximate surface area is 125 Å². The number of aryl methyl sites for hydroxylation is 2. The molecule has 3 N–H and O–H groups in total. The summed E-state index contributed by atoms with van der Waals surface area (Å²) in [6.45, 7) is 4.23. The quantitative estimate of drug-likeness (QED) is 0.733. The largest absolute Gasteiger partial charge is 0.396 e. The SMILES string of the molecule is Cc1ccc2[nH]cc(CCC(=O)NC(C)CCCO)c2c1. The summed E-state index contributed by atoms with van der Waals surface area (Å²) < 4.78 is 0. The summed E-state index contributed by atoms with van der Waals surface area (Å²) in [6, 6.07) is 6.43. The Balaban J connectivity index is 1.89. The number of carbonyl (C=O) groups is 1. The fourth-order valence-electron chi connectivity index (χ4n) is 2.56. The lowest BCUT2D eigenvalue weighted by Crippen LogP contribution is -2.32. The van der Waals surface area contributed by atoms with E-state index in [0.29, 0.717) is 6.42 Å². The second-order valence-electron chi connectivity index (χ2n) is 5.70. The van der Waals surface area contributed by atoms with Crippen LogP contribution in [0.4, 0.5) is 0 Å². The topological polar surface area (TPSA) is 65.1 Å². The molecule has 114 valence electrons. The van der Waals surface area contributed by atoms with Gasteiger partial charge in [0.05, 0.1) is 0 Å². The molecule has 0 aliphatic rings. The Bertz CT molecular complexity index is 604. The van der Waals surface area contributed by atoms with Crippen molar-refractivity contribution in [3.8, 4) is 0 Å². The third kappa shape index (κ3) is 4.33. The highest BCUT2D eigenvalue weighted by atomic mass is 16.2. The molecule has 0 saturated carbocycles. The maximum Gasteiger partial charge on any atom is 0.220 e. The van der Waals surface area contributed by atoms with E-state index < -0.39 is 0 Å². The first-order valence-electron chi connectivity index (χ1n) is 7.57. The number of amides is 1. The van der Waals surface area contributed by atoms with Gasteiger partial charge in [-0.15, -0.1) is 0 Å². The molecule has 1 heterocycles. The summed E-state index contributed by atoms with van der Waals surface area (Å²) >= 11 is 0. The van der Waals surface area contributed by atoms with Gasteiger partial charge in [0.15, 0.2) is 0 Å². The summed E-state index contributed by atoms with van der Waals surface area (Å²) in [5.74, 6) is 0.0717. The van der Waals surface area contributed by atoms with Gasteiger partial charge < -0.3 is 15.4 Å². The van der Waals surface area contributed by atoms with E-state index in [1.807, 2.05) is 13.1 Å². The summed E-state index contributed by atoms with van der Waals surface area (Å²) in [6.07, 6.45) is 4.76. The molecule has 21 heavy (non-hydrogen) atoms. The predicted molar refractivity (Wildman–Crippen MR) is 85.3 cm³/mol. The van der Waals surface area contributed by atoms with Crippen LogP contribution >= 0.6 is 0 Å². The molecule has 1 aromatic carbocycles. The molecule has 1 atom stereocenters. The Hall–Kier alpha value is -1.81. The average molecular weight is 288 g/mol. The molecule has 1 aromatic heterocycles. The minimum absolute atomic E-state index is 0.0717. The second-order valence-corrected chi connectivity index (χ2v) is 5.70. The van der Waals surface area contributed by atoms with Crippen LogP contribution in [0.25, 0.3) is 10.9 Å². The molecule has 0 radical (unpaired) electrons. The van der Waals surface area contributed by atoms with E-state index in [4.69, 9.17) is 5.11 Å². The first kappa shape index (κ1) is 15.6. The molecule has 4 nitrogen and oxygen atoms in total. The maximum atomic E-state index is 11.9. The summed E-state index contributed by atoms with van der Waals surface area (Å²) in [7, 11) is 0. The molecule has 0 saturated heterocycles. The fourth-order valence-corrected chi connectivity index (χ4v) is 2.56. The van der Waals surface area contributed by atoms with Crippen LogP contribution in [0.15, 0.2) is 24.4 Å². The molecule has 2 rings (SSSR count). The highest BCUT2D eigenvalue weighted by Crippen LogP contribution is 2.20. The van der Waals surface area contributed by atoms with Crippen molar-refractivity contribution < 1.29 is 9.90 Å². The molecule has 2 aromatic rings. The van der Waals surface area contributed by atoms with Crippen molar-refractivity contribution >= 4 is 16.8 Å². The lowest BCUT2D eigenvalue weighted by Gasteiger charge is -2.12. The number of aliphatic hydroxyl groups is 1. The van der Waals surface area contributed by atoms with Crippen LogP contribution in [0.3, 0.4) is 0 Å². The zero-order valence-corrected chi connectivity index (χ0v) is 12.8. The van der Waals surface area contributed by atoms with Gasteiger partial charge >= 0.3 is 0 Å². The van der Waals surface area contributed by atoms with Gasteiger partial charge in [0.1, 0.15) is 0 Å². The Morgan fingerprint density at radius 2 is 2.24 bits per heavy atom. The number of hydrogen-bond donors (Lipinski definition) is 3. The molecular weight excluding hydrogens is 264 g/mol. The number of hydrogen-bond acceptors (Lipinski definition) is 2. The molecule has 1 amide bonds. The number of nitrogens with one attached hydrogen (secondary N) is 2. The van der Waals surface area contributed by atoms with Crippen LogP contribution in [-0.2, 0) is 11.2 Å². The van der Waals surface area contributed by atoms with Gasteiger partial charge in [-0.05, 0) is 50.8 Å². The van der Waals surface area contributed by atoms with E-state index in [9.17, 15) is 4.79 Å². The number of fused-ring (bicyclic) bond motifs is 1. The van der Waals surface area contributed by atoms with E-state index in [0.717, 1.165) is 24.8 Å². The van der Waals surface area contributed by atoms with E-state index in [-0.39, 0.29) is 18.6 Å². The van der Waals surface area contributed by atoms with Crippen molar-refractivity contribution in [2.24, 2.45) is 0 Å². The number of carbonyl (C=O) groups excluding carboxylic acids is 1. The van der Waals surface area contributed by atoms with Crippen molar-refractivity contribution in [2.75, 3.05) is 6.61 Å². The minimum Gasteiger partial charge on any atom is -0.396 e. The average Bonchev–Trinajstić information content (AvgIpc) is 2.85. The van der Waals surface area contributed by atoms with Crippen LogP contribution in [0.5, 0.6) is 0 Å². The number of rotatable bonds is 7. The van der Waals surface area contributed by atoms with Crippen LogP contribution in [0.2, 0.25) is 0 Å². The Kier molecular flexibility index (Phi) is 5.39. The molecule has 0 aliphatic carbocycles. The number of aromatic amines is 1. The van der Waals surface area contributed by atoms with Crippen molar-refractivity contribution in [3.05, 3.63) is 35.5 Å². The van der Waals surface area contributed by atoms with E-state index >= 15 is 0 Å². The third-order valence-electron chi connectivity index (χ3n) is 3.75. The monoisotopic (exact) mass is 288 g/mol. The van der Waals surface area contributed by atoms with Crippen molar-refractivity contribution in [3.63, 3.8) is 0 Å². The van der Waals surface area contributed by atoms with Crippen LogP contribution in [-0.4, -0.2) is 28.6 Å². The van der Waals surface area contributed by atoms with Crippen LogP contribution < -0.4 is 5.32 Å². The highest BCUT2D eigenvalue weighted by Gasteiger charge is 2.09. The number of H-pyrrole nitrogens is 1. The number of benzene rings is 1. The Morgan fingerprint density at radius 3 is 3.00 bits per heavy atom. The van der Waals surface area contributed by atoms with Gasteiger partial charge in [-0.2, -0.15) is 0 Å². The molecule has 4 heteroatoms. The first-order valence-corrected chi connectivity index (χ1v) is 7.57. The molecule has 0 bridgehead atoms. The van der Waals surface area contributed by atoms with Gasteiger partial charge in [0.25, 0.3) is 0 Å². The third-order valence-corrected chi connectivity index (χ3v) is 3.75. The number of aliphatic hydroxyl groups excluding tert-OH is 1. The standard InChI is InChI=1S/C17H24N2O2/c1-12-5-7-16-15(10-12)14(11-18-16)6-8-17(21)19-13(2)4-3-9-20/h5,7,10-11,13,18,20H,3-4,6,8-9H2,1-2H3,(H,19,21). The molecule has 0 fully saturated rings. The van der Waals surface area contributed by atoms with Gasteiger partial charge in [-0.3, -0.25) is 4.79 Å². The van der Waals surface area contributed by atoms with Gasteiger partial charge in [-0.25, -0.2) is 0 Å². The zero-order chi connectivity index (χ0) is 15.2. The minimum atomic E-state index is 0.0717.